The molecular weight excluding hydrogens is 410 g/mol. The van der Waals surface area contributed by atoms with Gasteiger partial charge >= 0.3 is 6.03 Å². The quantitative estimate of drug-likeness (QED) is 0.136. The summed E-state index contributed by atoms with van der Waals surface area (Å²) < 4.78 is 5.42. The van der Waals surface area contributed by atoms with Crippen molar-refractivity contribution in [2.75, 3.05) is 19.0 Å². The molecule has 0 aromatic rings. The topological polar surface area (TPSA) is 163 Å². The van der Waals surface area contributed by atoms with Gasteiger partial charge in [0.25, 0.3) is 0 Å². The van der Waals surface area contributed by atoms with Crippen LogP contribution in [0.4, 0.5) is 4.79 Å². The zero-order valence-corrected chi connectivity index (χ0v) is 17.6. The summed E-state index contributed by atoms with van der Waals surface area (Å²) in [5.41, 5.74) is 0. The van der Waals surface area contributed by atoms with Gasteiger partial charge in [-0.1, -0.05) is 27.2 Å². The number of amides is 2. The zero-order valence-electron chi connectivity index (χ0n) is 16.9. The second kappa shape index (κ2) is 11.3. The zero-order chi connectivity index (χ0) is 22.4. The molecule has 1 rings (SSSR count). The molecule has 0 bridgehead atoms. The maximum absolute atomic E-state index is 12.7. The van der Waals surface area contributed by atoms with Crippen LogP contribution in [0.25, 0.3) is 0 Å². The molecule has 0 spiro atoms. The number of carbonyl (C=O) groups is 1. The van der Waals surface area contributed by atoms with Crippen LogP contribution in [0.3, 0.4) is 0 Å². The van der Waals surface area contributed by atoms with Gasteiger partial charge in [0.05, 0.1) is 11.8 Å². The first kappa shape index (κ1) is 26.0. The van der Waals surface area contributed by atoms with E-state index in [0.717, 1.165) is 4.90 Å². The van der Waals surface area contributed by atoms with Crippen LogP contribution in [0.1, 0.15) is 40.0 Å². The second-order valence-corrected chi connectivity index (χ2v) is 7.97. The Morgan fingerprint density at radius 1 is 1.28 bits per heavy atom. The van der Waals surface area contributed by atoms with Gasteiger partial charge in [0.1, 0.15) is 24.4 Å². The van der Waals surface area contributed by atoms with E-state index < -0.39 is 42.5 Å². The first-order chi connectivity index (χ1) is 13.5. The minimum atomic E-state index is -2.23. The van der Waals surface area contributed by atoms with E-state index >= 15 is 0 Å². The maximum Gasteiger partial charge on any atom is 0.345 e. The lowest BCUT2D eigenvalue weighted by Gasteiger charge is -2.48. The Bertz CT molecular complexity index is 543. The van der Waals surface area contributed by atoms with Crippen LogP contribution in [0.5, 0.6) is 0 Å². The lowest BCUT2D eigenvalue weighted by Crippen LogP contribution is -2.69. The van der Waals surface area contributed by atoms with Crippen molar-refractivity contribution in [2.24, 2.45) is 11.2 Å². The highest BCUT2D eigenvalue weighted by molar-refractivity contribution is 6.18. The molecule has 0 aromatic heterocycles. The normalized spacial score (nSPS) is 30.8. The Morgan fingerprint density at radius 2 is 1.90 bits per heavy atom. The van der Waals surface area contributed by atoms with Crippen molar-refractivity contribution >= 4 is 17.6 Å². The van der Waals surface area contributed by atoms with Crippen LogP contribution in [-0.4, -0.2) is 96.9 Å². The van der Waals surface area contributed by atoms with E-state index in [0.29, 0.717) is 17.9 Å². The van der Waals surface area contributed by atoms with Crippen LogP contribution >= 0.6 is 11.6 Å². The summed E-state index contributed by atoms with van der Waals surface area (Å²) in [6, 6.07) is -0.977. The molecule has 1 saturated heterocycles. The third-order valence-corrected chi connectivity index (χ3v) is 4.91. The number of aliphatic hydroxyl groups is 5. The highest BCUT2D eigenvalue weighted by atomic mass is 35.5. The third-order valence-electron chi connectivity index (χ3n) is 4.74. The highest BCUT2D eigenvalue weighted by Gasteiger charge is 2.55. The van der Waals surface area contributed by atoms with Crippen LogP contribution in [-0.2, 0) is 4.74 Å². The van der Waals surface area contributed by atoms with Gasteiger partial charge in [-0.05, 0) is 12.3 Å². The van der Waals surface area contributed by atoms with Gasteiger partial charge in [0.2, 0.25) is 0 Å². The number of urea groups is 1. The SMILES string of the molecule is CCCC[C@]1(O)O[C@H](C(O)N(CC(C)C)C(=O)N(CCCl)N=O)[C@@H](O)[C@H](O)[C@H]1O. The fourth-order valence-corrected chi connectivity index (χ4v) is 3.33. The van der Waals surface area contributed by atoms with E-state index in [1.165, 1.54) is 0 Å². The summed E-state index contributed by atoms with van der Waals surface area (Å²) in [4.78, 5) is 24.5. The van der Waals surface area contributed by atoms with Gasteiger partial charge in [-0.25, -0.2) is 4.79 Å². The van der Waals surface area contributed by atoms with Crippen molar-refractivity contribution in [3.05, 3.63) is 4.91 Å². The van der Waals surface area contributed by atoms with Crippen molar-refractivity contribution < 1.29 is 35.1 Å². The van der Waals surface area contributed by atoms with Gasteiger partial charge in [-0.3, -0.25) is 4.90 Å². The number of rotatable bonds is 10. The van der Waals surface area contributed by atoms with Gasteiger partial charge < -0.3 is 30.3 Å². The first-order valence-electron chi connectivity index (χ1n) is 9.63. The molecule has 29 heavy (non-hydrogen) atoms. The summed E-state index contributed by atoms with van der Waals surface area (Å²) in [7, 11) is 0. The molecule has 12 heteroatoms. The lowest BCUT2D eigenvalue weighted by molar-refractivity contribution is -0.365. The fourth-order valence-electron chi connectivity index (χ4n) is 3.17. The summed E-state index contributed by atoms with van der Waals surface area (Å²) in [5.74, 6) is -2.47. The smallest absolute Gasteiger partial charge is 0.345 e. The van der Waals surface area contributed by atoms with E-state index in [9.17, 15) is 35.2 Å². The Labute approximate surface area is 174 Å². The number of nitroso groups, excluding NO2 is 1. The van der Waals surface area contributed by atoms with E-state index in [4.69, 9.17) is 16.3 Å². The molecular formula is C17H32ClN3O8. The molecule has 2 amide bonds. The number of hydrogen-bond donors (Lipinski definition) is 5. The van der Waals surface area contributed by atoms with Gasteiger partial charge in [0.15, 0.2) is 12.0 Å². The Balaban J connectivity index is 3.19. The molecule has 6 atom stereocenters. The summed E-state index contributed by atoms with van der Waals surface area (Å²) in [6.45, 7) is 5.09. The van der Waals surface area contributed by atoms with Crippen molar-refractivity contribution in [3.63, 3.8) is 0 Å². The predicted octanol–water partition coefficient (Wildman–Crippen LogP) is -0.0347. The lowest BCUT2D eigenvalue weighted by atomic mass is 9.88. The van der Waals surface area contributed by atoms with Crippen LogP contribution in [0.15, 0.2) is 5.29 Å². The monoisotopic (exact) mass is 441 g/mol. The molecule has 170 valence electrons. The first-order valence-corrected chi connectivity index (χ1v) is 10.2. The van der Waals surface area contributed by atoms with Crippen molar-refractivity contribution in [3.8, 4) is 0 Å². The molecule has 0 aliphatic carbocycles. The number of alkyl halides is 1. The van der Waals surface area contributed by atoms with Crippen LogP contribution < -0.4 is 0 Å². The fraction of sp³-hybridized carbons (Fsp3) is 0.941. The largest absolute Gasteiger partial charge is 0.387 e. The predicted molar refractivity (Wildman–Crippen MR) is 104 cm³/mol. The van der Waals surface area contributed by atoms with Gasteiger partial charge in [0, 0.05) is 18.8 Å². The Morgan fingerprint density at radius 3 is 2.38 bits per heavy atom. The standard InChI is InChI=1S/C17H32ClN3O8/c1-4-5-6-17(27)14(24)12(23)11(22)13(29-17)15(25)20(9-10(2)3)16(26)21(19-28)8-7-18/h10-15,22-25,27H,4-9H2,1-3H3/t11-,12-,13-,14+,15?,17-/m0/s1. The molecule has 1 fully saturated rings. The molecule has 0 radical (unpaired) electrons. The number of carbonyl (C=O) groups excluding carboxylic acids is 1. The van der Waals surface area contributed by atoms with Crippen molar-refractivity contribution in [1.29, 1.82) is 0 Å². The van der Waals surface area contributed by atoms with E-state index in [-0.39, 0.29) is 31.3 Å². The number of hydrogen-bond acceptors (Lipinski definition) is 9. The number of unbranched alkanes of at least 4 members (excludes halogenated alkanes) is 1. The molecule has 11 nitrogen and oxygen atoms in total. The number of halogens is 1. The third kappa shape index (κ3) is 6.20. The van der Waals surface area contributed by atoms with E-state index in [1.54, 1.807) is 13.8 Å². The second-order valence-electron chi connectivity index (χ2n) is 7.59. The number of aliphatic hydroxyl groups excluding tert-OH is 4. The summed E-state index contributed by atoms with van der Waals surface area (Å²) in [6.07, 6.45) is -7.93. The molecule has 0 aromatic carbocycles. The van der Waals surface area contributed by atoms with Crippen molar-refractivity contribution in [1.82, 2.24) is 9.91 Å². The summed E-state index contributed by atoms with van der Waals surface area (Å²) >= 11 is 5.57. The summed E-state index contributed by atoms with van der Waals surface area (Å²) in [5, 5.41) is 55.3. The van der Waals surface area contributed by atoms with E-state index in [2.05, 4.69) is 5.29 Å². The van der Waals surface area contributed by atoms with Crippen molar-refractivity contribution in [2.45, 2.75) is 76.5 Å². The average Bonchev–Trinajstić information content (AvgIpc) is 2.69. The average molecular weight is 442 g/mol. The number of nitrogens with zero attached hydrogens (tertiary/aromatic N) is 3. The minimum Gasteiger partial charge on any atom is -0.387 e. The van der Waals surface area contributed by atoms with Gasteiger partial charge in [-0.2, -0.15) is 5.01 Å². The maximum atomic E-state index is 12.7. The van der Waals surface area contributed by atoms with E-state index in [1.807, 2.05) is 6.92 Å². The van der Waals surface area contributed by atoms with Crippen LogP contribution in [0, 0.1) is 10.8 Å². The Kier molecular flexibility index (Phi) is 10.2. The molecule has 1 heterocycles. The molecule has 1 unspecified atom stereocenters. The highest BCUT2D eigenvalue weighted by Crippen LogP contribution is 2.34. The minimum absolute atomic E-state index is 0.0487. The Hall–Kier alpha value is -1.08. The van der Waals surface area contributed by atoms with Gasteiger partial charge in [-0.15, -0.1) is 16.5 Å². The number of ether oxygens (including phenoxy) is 1. The molecule has 5 N–H and O–H groups in total. The molecule has 1 aliphatic heterocycles. The molecule has 1 aliphatic rings. The molecule has 0 saturated carbocycles. The van der Waals surface area contributed by atoms with Crippen LogP contribution in [0.2, 0.25) is 0 Å².